The number of carbonyl (C=O) groups excluding carboxylic acids is 1. The molecule has 0 bridgehead atoms. The summed E-state index contributed by atoms with van der Waals surface area (Å²) in [5.41, 5.74) is 0. The quantitative estimate of drug-likeness (QED) is 0.710. The van der Waals surface area contributed by atoms with Crippen molar-refractivity contribution < 1.29 is 21.6 Å². The molecule has 1 amide bonds. The van der Waals surface area contributed by atoms with E-state index in [4.69, 9.17) is 0 Å². The predicted molar refractivity (Wildman–Crippen MR) is 113 cm³/mol. The lowest BCUT2D eigenvalue weighted by atomic mass is 9.97. The highest BCUT2D eigenvalue weighted by atomic mass is 32.2. The molecular formula is C20H26N2O5S2. The van der Waals surface area contributed by atoms with Crippen LogP contribution in [0.2, 0.25) is 0 Å². The number of sulfone groups is 1. The fourth-order valence-corrected chi connectivity index (χ4v) is 5.66. The van der Waals surface area contributed by atoms with Crippen molar-refractivity contribution in [3.63, 3.8) is 0 Å². The Morgan fingerprint density at radius 2 is 1.69 bits per heavy atom. The number of nitrogens with zero attached hydrogens (tertiary/aromatic N) is 1. The summed E-state index contributed by atoms with van der Waals surface area (Å²) >= 11 is 0. The van der Waals surface area contributed by atoms with Crippen LogP contribution >= 0.6 is 0 Å². The second-order valence-electron chi connectivity index (χ2n) is 7.21. The summed E-state index contributed by atoms with van der Waals surface area (Å²) in [6.07, 6.45) is 0.832. The number of fused-ring (bicyclic) bond motifs is 1. The molecule has 29 heavy (non-hydrogen) atoms. The van der Waals surface area contributed by atoms with Gasteiger partial charge in [0.15, 0.2) is 9.84 Å². The topological polar surface area (TPSA) is 101 Å². The number of piperidine rings is 1. The Kier molecular flexibility index (Phi) is 6.60. The maximum absolute atomic E-state index is 13.0. The van der Waals surface area contributed by atoms with Gasteiger partial charge in [0.2, 0.25) is 15.9 Å². The minimum absolute atomic E-state index is 0.0495. The number of hydrogen-bond acceptors (Lipinski definition) is 5. The number of rotatable bonds is 7. The largest absolute Gasteiger partial charge is 0.355 e. The van der Waals surface area contributed by atoms with E-state index < -0.39 is 19.9 Å². The smallest absolute Gasteiger partial charge is 0.243 e. The van der Waals surface area contributed by atoms with Crippen molar-refractivity contribution in [1.82, 2.24) is 9.62 Å². The van der Waals surface area contributed by atoms with Gasteiger partial charge >= 0.3 is 0 Å². The van der Waals surface area contributed by atoms with Crippen molar-refractivity contribution in [2.45, 2.75) is 24.7 Å². The lowest BCUT2D eigenvalue weighted by Crippen LogP contribution is -2.43. The first-order valence-electron chi connectivity index (χ1n) is 9.70. The van der Waals surface area contributed by atoms with Gasteiger partial charge in [0.1, 0.15) is 0 Å². The molecule has 158 valence electrons. The van der Waals surface area contributed by atoms with Crippen LogP contribution in [0.15, 0.2) is 47.4 Å². The van der Waals surface area contributed by atoms with Crippen molar-refractivity contribution in [1.29, 1.82) is 0 Å². The Bertz CT molecular complexity index is 1090. The van der Waals surface area contributed by atoms with Crippen LogP contribution in [-0.4, -0.2) is 58.2 Å². The van der Waals surface area contributed by atoms with Crippen LogP contribution in [0, 0.1) is 5.92 Å². The van der Waals surface area contributed by atoms with E-state index in [1.807, 2.05) is 24.3 Å². The number of carbonyl (C=O) groups is 1. The third kappa shape index (κ3) is 5.15. The molecule has 0 spiro atoms. The second kappa shape index (κ2) is 8.81. The molecule has 1 N–H and O–H groups in total. The SMILES string of the molecule is CCS(=O)(=O)CCNC(=O)C1CCN(S(=O)(=O)c2ccc3ccccc3c2)CC1. The highest BCUT2D eigenvalue weighted by Gasteiger charge is 2.32. The summed E-state index contributed by atoms with van der Waals surface area (Å²) in [7, 11) is -6.74. The summed E-state index contributed by atoms with van der Waals surface area (Å²) in [4.78, 5) is 12.5. The number of benzene rings is 2. The molecule has 2 aromatic carbocycles. The average Bonchev–Trinajstić information content (AvgIpc) is 2.73. The molecule has 7 nitrogen and oxygen atoms in total. The van der Waals surface area contributed by atoms with Crippen LogP contribution in [0.4, 0.5) is 0 Å². The van der Waals surface area contributed by atoms with Crippen LogP contribution in [0.25, 0.3) is 10.8 Å². The van der Waals surface area contributed by atoms with Gasteiger partial charge in [0.25, 0.3) is 0 Å². The summed E-state index contributed by atoms with van der Waals surface area (Å²) in [6.45, 7) is 2.19. The predicted octanol–water partition coefficient (Wildman–Crippen LogP) is 1.79. The molecule has 1 aliphatic rings. The molecule has 3 rings (SSSR count). The number of nitrogens with one attached hydrogen (secondary N) is 1. The normalized spacial score (nSPS) is 16.7. The molecule has 1 heterocycles. The van der Waals surface area contributed by atoms with Crippen LogP contribution in [0.3, 0.4) is 0 Å². The van der Waals surface area contributed by atoms with E-state index >= 15 is 0 Å². The van der Waals surface area contributed by atoms with Crippen LogP contribution in [-0.2, 0) is 24.7 Å². The molecule has 1 fully saturated rings. The lowest BCUT2D eigenvalue weighted by molar-refractivity contribution is -0.125. The molecule has 0 unspecified atom stereocenters. The highest BCUT2D eigenvalue weighted by molar-refractivity contribution is 7.91. The molecule has 0 saturated carbocycles. The zero-order valence-corrected chi connectivity index (χ0v) is 18.0. The maximum atomic E-state index is 13.0. The van der Waals surface area contributed by atoms with Crippen molar-refractivity contribution >= 4 is 36.5 Å². The van der Waals surface area contributed by atoms with E-state index in [9.17, 15) is 21.6 Å². The van der Waals surface area contributed by atoms with Gasteiger partial charge in [-0.2, -0.15) is 4.31 Å². The average molecular weight is 439 g/mol. The Labute approximate surface area is 172 Å². The monoisotopic (exact) mass is 438 g/mol. The first-order valence-corrected chi connectivity index (χ1v) is 13.0. The summed E-state index contributed by atoms with van der Waals surface area (Å²) in [5, 5.41) is 4.51. The third-order valence-electron chi connectivity index (χ3n) is 5.34. The highest BCUT2D eigenvalue weighted by Crippen LogP contribution is 2.26. The summed E-state index contributed by atoms with van der Waals surface area (Å²) < 4.78 is 50.4. The Morgan fingerprint density at radius 1 is 1.03 bits per heavy atom. The van der Waals surface area contributed by atoms with Gasteiger partial charge in [0, 0.05) is 31.3 Å². The third-order valence-corrected chi connectivity index (χ3v) is 8.94. The van der Waals surface area contributed by atoms with Gasteiger partial charge in [-0.25, -0.2) is 16.8 Å². The molecule has 2 aromatic rings. The molecule has 0 aliphatic carbocycles. The molecule has 0 radical (unpaired) electrons. The number of hydrogen-bond donors (Lipinski definition) is 1. The van der Waals surface area contributed by atoms with Gasteiger partial charge in [0.05, 0.1) is 10.6 Å². The van der Waals surface area contributed by atoms with E-state index in [0.29, 0.717) is 12.8 Å². The molecule has 0 atom stereocenters. The Balaban J connectivity index is 1.59. The summed E-state index contributed by atoms with van der Waals surface area (Å²) in [6, 6.07) is 12.7. The van der Waals surface area contributed by atoms with Gasteiger partial charge in [-0.1, -0.05) is 37.3 Å². The zero-order chi connectivity index (χ0) is 21.1. The molecular weight excluding hydrogens is 412 g/mol. The van der Waals surface area contributed by atoms with Crippen molar-refractivity contribution in [3.8, 4) is 0 Å². The minimum atomic E-state index is -3.62. The maximum Gasteiger partial charge on any atom is 0.243 e. The van der Waals surface area contributed by atoms with Crippen molar-refractivity contribution in [2.24, 2.45) is 5.92 Å². The summed E-state index contributed by atoms with van der Waals surface area (Å²) in [5.74, 6) is -0.542. The Hall–Kier alpha value is -1.97. The van der Waals surface area contributed by atoms with E-state index in [1.165, 1.54) is 4.31 Å². The van der Waals surface area contributed by atoms with Crippen LogP contribution < -0.4 is 5.32 Å². The van der Waals surface area contributed by atoms with Gasteiger partial charge in [-0.15, -0.1) is 0 Å². The number of sulfonamides is 1. The van der Waals surface area contributed by atoms with Crippen molar-refractivity contribution in [3.05, 3.63) is 42.5 Å². The fourth-order valence-electron chi connectivity index (χ4n) is 3.45. The minimum Gasteiger partial charge on any atom is -0.355 e. The second-order valence-corrected chi connectivity index (χ2v) is 11.6. The van der Waals surface area contributed by atoms with Crippen LogP contribution in [0.5, 0.6) is 0 Å². The standard InChI is InChI=1S/C20H26N2O5S2/c1-2-28(24,25)14-11-21-20(23)17-9-12-22(13-10-17)29(26,27)19-8-7-16-5-3-4-6-18(16)15-19/h3-8,15,17H,2,9-14H2,1H3,(H,21,23). The molecule has 9 heteroatoms. The fraction of sp³-hybridized carbons (Fsp3) is 0.450. The van der Waals surface area contributed by atoms with E-state index in [-0.39, 0.29) is 47.9 Å². The first-order chi connectivity index (χ1) is 13.7. The zero-order valence-electron chi connectivity index (χ0n) is 16.4. The lowest BCUT2D eigenvalue weighted by Gasteiger charge is -2.30. The van der Waals surface area contributed by atoms with Gasteiger partial charge in [-0.3, -0.25) is 4.79 Å². The van der Waals surface area contributed by atoms with Gasteiger partial charge < -0.3 is 5.32 Å². The van der Waals surface area contributed by atoms with E-state index in [0.717, 1.165) is 10.8 Å². The molecule has 1 aliphatic heterocycles. The van der Waals surface area contributed by atoms with E-state index in [2.05, 4.69) is 5.32 Å². The van der Waals surface area contributed by atoms with Gasteiger partial charge in [-0.05, 0) is 35.7 Å². The van der Waals surface area contributed by atoms with Crippen molar-refractivity contribution in [2.75, 3.05) is 31.1 Å². The van der Waals surface area contributed by atoms with E-state index in [1.54, 1.807) is 25.1 Å². The van der Waals surface area contributed by atoms with Crippen LogP contribution in [0.1, 0.15) is 19.8 Å². The number of amides is 1. The first kappa shape index (κ1) is 21.7. The Morgan fingerprint density at radius 3 is 2.34 bits per heavy atom. The molecule has 1 saturated heterocycles. The molecule has 0 aromatic heterocycles.